The van der Waals surface area contributed by atoms with Gasteiger partial charge in [0, 0.05) is 52.8 Å². The molecule has 7 heteroatoms. The topological polar surface area (TPSA) is 77.0 Å². The number of aromatic amines is 1. The van der Waals surface area contributed by atoms with Crippen molar-refractivity contribution in [2.45, 2.75) is 50.5 Å². The van der Waals surface area contributed by atoms with Crippen LogP contribution < -0.4 is 10.2 Å². The quantitative estimate of drug-likeness (QED) is 0.766. The molecule has 4 heterocycles. The third kappa shape index (κ3) is 4.74. The Balaban J connectivity index is 0.000000242. The second kappa shape index (κ2) is 8.64. The number of anilines is 1. The van der Waals surface area contributed by atoms with Gasteiger partial charge in [-0.25, -0.2) is 4.98 Å². The van der Waals surface area contributed by atoms with Crippen LogP contribution in [-0.2, 0) is 4.74 Å². The van der Waals surface area contributed by atoms with E-state index in [1.807, 2.05) is 12.3 Å². The Bertz CT molecular complexity index is 829. The van der Waals surface area contributed by atoms with Gasteiger partial charge in [0.15, 0.2) is 0 Å². The van der Waals surface area contributed by atoms with Gasteiger partial charge in [-0.2, -0.15) is 5.26 Å². The highest BCUT2D eigenvalue weighted by Crippen LogP contribution is 2.36. The van der Waals surface area contributed by atoms with Crippen molar-refractivity contribution in [3.8, 4) is 6.07 Å². The van der Waals surface area contributed by atoms with E-state index in [0.717, 1.165) is 43.0 Å². The van der Waals surface area contributed by atoms with Crippen LogP contribution in [0.1, 0.15) is 24.8 Å². The van der Waals surface area contributed by atoms with Crippen molar-refractivity contribution in [1.29, 1.82) is 5.26 Å². The highest BCUT2D eigenvalue weighted by Gasteiger charge is 2.40. The van der Waals surface area contributed by atoms with Crippen LogP contribution >= 0.6 is 0 Å². The lowest BCUT2D eigenvalue weighted by molar-refractivity contribution is 0.214. The van der Waals surface area contributed by atoms with Gasteiger partial charge < -0.3 is 19.9 Å². The fourth-order valence-electron chi connectivity index (χ4n) is 4.09. The van der Waals surface area contributed by atoms with E-state index in [-0.39, 0.29) is 0 Å². The Labute approximate surface area is 169 Å². The lowest BCUT2D eigenvalue weighted by Crippen LogP contribution is -2.42. The van der Waals surface area contributed by atoms with Gasteiger partial charge in [-0.15, -0.1) is 0 Å². The minimum absolute atomic E-state index is 0.290. The fraction of sp³-hybridized carbons (Fsp3) is 0.619. The standard InChI is InChI=1S/C15H17N5.C6H16OSi/c16-8-11-9-18-14-13(11)12(2-6-17-14)20-7-4-15(10-20)3-1-5-19-15;1-7-5-6-8(2,3)4/h2,6,9,19H,1,3-5,7,10H2,(H,17,18);5-6H2,1-4H3. The van der Waals surface area contributed by atoms with Crippen molar-refractivity contribution in [2.75, 3.05) is 38.3 Å². The highest BCUT2D eigenvalue weighted by molar-refractivity contribution is 6.76. The number of pyridine rings is 1. The zero-order valence-corrected chi connectivity index (χ0v) is 18.6. The number of nitrogens with zero attached hydrogens (tertiary/aromatic N) is 3. The van der Waals surface area contributed by atoms with Gasteiger partial charge in [0.05, 0.1) is 16.6 Å². The van der Waals surface area contributed by atoms with Crippen molar-refractivity contribution >= 4 is 24.8 Å². The molecule has 0 radical (unpaired) electrons. The maximum atomic E-state index is 9.27. The first-order valence-electron chi connectivity index (χ1n) is 10.2. The second-order valence-corrected chi connectivity index (χ2v) is 14.8. The summed E-state index contributed by atoms with van der Waals surface area (Å²) >= 11 is 0. The van der Waals surface area contributed by atoms with Gasteiger partial charge in [0.25, 0.3) is 0 Å². The van der Waals surface area contributed by atoms with Crippen LogP contribution in [0, 0.1) is 11.3 Å². The number of rotatable bonds is 4. The molecule has 2 aromatic rings. The van der Waals surface area contributed by atoms with Gasteiger partial charge in [0.2, 0.25) is 0 Å². The van der Waals surface area contributed by atoms with Crippen LogP contribution in [0.4, 0.5) is 5.69 Å². The van der Waals surface area contributed by atoms with Crippen LogP contribution in [0.15, 0.2) is 18.5 Å². The largest absolute Gasteiger partial charge is 0.385 e. The Kier molecular flexibility index (Phi) is 6.43. The Hall–Kier alpha value is -1.88. The van der Waals surface area contributed by atoms with Gasteiger partial charge in [-0.1, -0.05) is 19.6 Å². The van der Waals surface area contributed by atoms with E-state index < -0.39 is 8.07 Å². The molecule has 2 fully saturated rings. The summed E-state index contributed by atoms with van der Waals surface area (Å²) in [5.74, 6) is 0. The third-order valence-corrected chi connectivity index (χ3v) is 7.46. The van der Waals surface area contributed by atoms with Crippen LogP contribution in [0.3, 0.4) is 0 Å². The maximum Gasteiger partial charge on any atom is 0.140 e. The van der Waals surface area contributed by atoms with Gasteiger partial charge in [0.1, 0.15) is 11.7 Å². The van der Waals surface area contributed by atoms with E-state index in [2.05, 4.69) is 45.9 Å². The molecule has 0 saturated carbocycles. The van der Waals surface area contributed by atoms with E-state index in [0.29, 0.717) is 11.1 Å². The van der Waals surface area contributed by atoms with Crippen molar-refractivity contribution in [2.24, 2.45) is 0 Å². The molecule has 2 aromatic heterocycles. The number of methoxy groups -OCH3 is 1. The van der Waals surface area contributed by atoms with Gasteiger partial charge >= 0.3 is 0 Å². The monoisotopic (exact) mass is 399 g/mol. The summed E-state index contributed by atoms with van der Waals surface area (Å²) in [5.41, 5.74) is 2.92. The first kappa shape index (κ1) is 20.8. The van der Waals surface area contributed by atoms with Gasteiger partial charge in [-0.05, 0) is 37.9 Å². The Morgan fingerprint density at radius 3 is 2.79 bits per heavy atom. The van der Waals surface area contributed by atoms with E-state index in [1.54, 1.807) is 13.3 Å². The first-order chi connectivity index (χ1) is 13.4. The summed E-state index contributed by atoms with van der Waals surface area (Å²) in [4.78, 5) is 9.81. The number of nitriles is 1. The molecule has 0 aliphatic carbocycles. The fourth-order valence-corrected chi connectivity index (χ4v) is 4.91. The Morgan fingerprint density at radius 1 is 1.36 bits per heavy atom. The molecule has 0 bridgehead atoms. The predicted octanol–water partition coefficient (Wildman–Crippen LogP) is 3.74. The summed E-state index contributed by atoms with van der Waals surface area (Å²) in [6.45, 7) is 11.2. The summed E-state index contributed by atoms with van der Waals surface area (Å²) in [7, 11) is 0.961. The number of H-pyrrole nitrogens is 1. The van der Waals surface area contributed by atoms with E-state index in [9.17, 15) is 5.26 Å². The molecule has 4 rings (SSSR count). The van der Waals surface area contributed by atoms with Crippen molar-refractivity contribution in [3.63, 3.8) is 0 Å². The van der Waals surface area contributed by atoms with Crippen molar-refractivity contribution in [3.05, 3.63) is 24.0 Å². The van der Waals surface area contributed by atoms with Crippen molar-refractivity contribution in [1.82, 2.24) is 15.3 Å². The summed E-state index contributed by atoms with van der Waals surface area (Å²) in [6, 6.07) is 5.58. The Morgan fingerprint density at radius 2 is 2.18 bits per heavy atom. The lowest BCUT2D eigenvalue weighted by Gasteiger charge is -2.25. The summed E-state index contributed by atoms with van der Waals surface area (Å²) < 4.78 is 4.95. The average molecular weight is 400 g/mol. The molecule has 2 N–H and O–H groups in total. The molecule has 0 aromatic carbocycles. The van der Waals surface area contributed by atoms with Crippen LogP contribution in [0.5, 0.6) is 0 Å². The summed E-state index contributed by atoms with van der Waals surface area (Å²) in [5, 5.41) is 13.9. The molecular formula is C21H33N5OSi. The summed E-state index contributed by atoms with van der Waals surface area (Å²) in [6.07, 6.45) is 7.29. The molecule has 1 atom stereocenters. The number of fused-ring (bicyclic) bond motifs is 1. The number of hydrogen-bond donors (Lipinski definition) is 2. The number of hydrogen-bond acceptors (Lipinski definition) is 5. The van der Waals surface area contributed by atoms with Gasteiger partial charge in [-0.3, -0.25) is 0 Å². The zero-order chi connectivity index (χ0) is 20.2. The molecule has 152 valence electrons. The maximum absolute atomic E-state index is 9.27. The molecule has 1 unspecified atom stereocenters. The van der Waals surface area contributed by atoms with Crippen LogP contribution in [-0.4, -0.2) is 56.9 Å². The number of nitrogens with one attached hydrogen (secondary N) is 2. The lowest BCUT2D eigenvalue weighted by atomic mass is 9.97. The molecule has 1 spiro atoms. The van der Waals surface area contributed by atoms with Crippen LogP contribution in [0.2, 0.25) is 25.7 Å². The van der Waals surface area contributed by atoms with Crippen LogP contribution in [0.25, 0.3) is 11.0 Å². The SMILES string of the molecule is COCC[Si](C)(C)C.N#Cc1c[nH]c2nccc(N3CCC4(CCCN4)C3)c12. The zero-order valence-electron chi connectivity index (χ0n) is 17.6. The highest BCUT2D eigenvalue weighted by atomic mass is 28.3. The number of aromatic nitrogens is 2. The van der Waals surface area contributed by atoms with E-state index in [1.165, 1.54) is 25.3 Å². The first-order valence-corrected chi connectivity index (χ1v) is 13.9. The third-order valence-electron chi connectivity index (χ3n) is 5.75. The molecule has 2 aliphatic heterocycles. The average Bonchev–Trinajstić information content (AvgIpc) is 3.40. The molecule has 28 heavy (non-hydrogen) atoms. The van der Waals surface area contributed by atoms with E-state index >= 15 is 0 Å². The minimum Gasteiger partial charge on any atom is -0.385 e. The second-order valence-electron chi connectivity index (χ2n) is 9.15. The number of ether oxygens (including phenoxy) is 1. The minimum atomic E-state index is -0.803. The normalized spacial score (nSPS) is 21.8. The smallest absolute Gasteiger partial charge is 0.140 e. The molecular weight excluding hydrogens is 366 g/mol. The predicted molar refractivity (Wildman–Crippen MR) is 118 cm³/mol. The van der Waals surface area contributed by atoms with Crippen molar-refractivity contribution < 1.29 is 4.74 Å². The molecule has 6 nitrogen and oxygen atoms in total. The molecule has 2 saturated heterocycles. The van der Waals surface area contributed by atoms with E-state index in [4.69, 9.17) is 4.74 Å². The molecule has 2 aliphatic rings. The molecule has 0 amide bonds.